The zero-order chi connectivity index (χ0) is 24.3. The number of carbonyl (C=O) groups excluding carboxylic acids is 1. The highest BCUT2D eigenvalue weighted by atomic mass is 32.2. The zero-order valence-electron chi connectivity index (χ0n) is 19.2. The van der Waals surface area contributed by atoms with Crippen molar-refractivity contribution in [2.75, 3.05) is 37.5 Å². The first kappa shape index (κ1) is 23.4. The van der Waals surface area contributed by atoms with Gasteiger partial charge < -0.3 is 19.5 Å². The lowest BCUT2D eigenvalue weighted by Gasteiger charge is -2.31. The molecule has 0 saturated heterocycles. The largest absolute Gasteiger partial charge is 0.497 e. The number of hydrogen-bond acceptors (Lipinski definition) is 6. The lowest BCUT2D eigenvalue weighted by atomic mass is 10.0. The predicted molar refractivity (Wildman–Crippen MR) is 130 cm³/mol. The monoisotopic (exact) mass is 482 g/mol. The zero-order valence-corrected chi connectivity index (χ0v) is 20.0. The van der Waals surface area contributed by atoms with Crippen molar-refractivity contribution in [3.8, 4) is 17.2 Å². The fourth-order valence-electron chi connectivity index (χ4n) is 3.95. The lowest BCUT2D eigenvalue weighted by molar-refractivity contribution is 0.102. The molecule has 0 aromatic heterocycles. The Morgan fingerprint density at radius 3 is 2.26 bits per heavy atom. The van der Waals surface area contributed by atoms with E-state index in [2.05, 4.69) is 5.32 Å². The van der Waals surface area contributed by atoms with Crippen molar-refractivity contribution in [3.63, 3.8) is 0 Å². The lowest BCUT2D eigenvalue weighted by Crippen LogP contribution is -2.35. The van der Waals surface area contributed by atoms with Crippen molar-refractivity contribution < 1.29 is 27.4 Å². The maximum absolute atomic E-state index is 13.3. The van der Waals surface area contributed by atoms with Gasteiger partial charge >= 0.3 is 0 Å². The Morgan fingerprint density at radius 1 is 0.882 bits per heavy atom. The van der Waals surface area contributed by atoms with Crippen LogP contribution in [0.15, 0.2) is 65.6 Å². The first-order valence-corrected chi connectivity index (χ1v) is 12.1. The van der Waals surface area contributed by atoms with Crippen molar-refractivity contribution in [2.24, 2.45) is 0 Å². The quantitative estimate of drug-likeness (QED) is 0.545. The Labute approximate surface area is 199 Å². The number of nitrogens with zero attached hydrogens (tertiary/aromatic N) is 1. The summed E-state index contributed by atoms with van der Waals surface area (Å²) in [6, 6.07) is 16.6. The molecule has 34 heavy (non-hydrogen) atoms. The van der Waals surface area contributed by atoms with Gasteiger partial charge in [0.25, 0.3) is 15.9 Å². The van der Waals surface area contributed by atoms with Gasteiger partial charge in [0.05, 0.1) is 37.5 Å². The van der Waals surface area contributed by atoms with Crippen molar-refractivity contribution in [3.05, 3.63) is 71.8 Å². The van der Waals surface area contributed by atoms with Crippen LogP contribution in [-0.4, -0.2) is 42.2 Å². The number of fused-ring (bicyclic) bond motifs is 1. The smallest absolute Gasteiger partial charge is 0.264 e. The van der Waals surface area contributed by atoms with Gasteiger partial charge in [-0.2, -0.15) is 0 Å². The first-order valence-electron chi connectivity index (χ1n) is 10.7. The van der Waals surface area contributed by atoms with Crippen LogP contribution < -0.4 is 23.8 Å². The molecule has 1 aliphatic rings. The van der Waals surface area contributed by atoms with Gasteiger partial charge in [-0.1, -0.05) is 0 Å². The van der Waals surface area contributed by atoms with E-state index in [1.165, 1.54) is 18.5 Å². The van der Waals surface area contributed by atoms with Gasteiger partial charge in [0.15, 0.2) is 0 Å². The van der Waals surface area contributed by atoms with Gasteiger partial charge in [0, 0.05) is 18.3 Å². The van der Waals surface area contributed by atoms with E-state index in [0.717, 1.165) is 5.56 Å². The van der Waals surface area contributed by atoms with E-state index in [4.69, 9.17) is 14.2 Å². The van der Waals surface area contributed by atoms with Crippen LogP contribution >= 0.6 is 0 Å². The van der Waals surface area contributed by atoms with Crippen LogP contribution in [0.1, 0.15) is 22.3 Å². The third kappa shape index (κ3) is 4.51. The summed E-state index contributed by atoms with van der Waals surface area (Å²) in [4.78, 5) is 13.1. The third-order valence-corrected chi connectivity index (χ3v) is 7.54. The van der Waals surface area contributed by atoms with Gasteiger partial charge in [0.2, 0.25) is 0 Å². The molecule has 178 valence electrons. The normalized spacial score (nSPS) is 13.1. The molecule has 8 nitrogen and oxygen atoms in total. The molecule has 1 heterocycles. The number of carbonyl (C=O) groups is 1. The average Bonchev–Trinajstić information content (AvgIpc) is 2.87. The van der Waals surface area contributed by atoms with Crippen LogP contribution in [0.25, 0.3) is 0 Å². The van der Waals surface area contributed by atoms with E-state index in [1.54, 1.807) is 61.7 Å². The Balaban J connectivity index is 1.59. The number of methoxy groups -OCH3 is 3. The molecule has 1 amide bonds. The number of aryl methyl sites for hydroxylation is 1. The van der Waals surface area contributed by atoms with Crippen LogP contribution in [0.5, 0.6) is 17.2 Å². The highest BCUT2D eigenvalue weighted by molar-refractivity contribution is 7.92. The maximum Gasteiger partial charge on any atom is 0.264 e. The topological polar surface area (TPSA) is 94.2 Å². The standard InChI is InChI=1S/C25H26N2O6S/c1-31-19-7-10-21(11-8-19)34(29,30)27-14-4-5-17-15-18(6-13-23(17)27)26-25(28)22-12-9-20(32-2)16-24(22)33-3/h6-13,15-16H,4-5,14H2,1-3H3,(H,26,28). The van der Waals surface area contributed by atoms with E-state index in [9.17, 15) is 13.2 Å². The van der Waals surface area contributed by atoms with Crippen LogP contribution in [0.4, 0.5) is 11.4 Å². The molecule has 0 radical (unpaired) electrons. The van der Waals surface area contributed by atoms with E-state index < -0.39 is 10.0 Å². The molecule has 1 aliphatic heterocycles. The summed E-state index contributed by atoms with van der Waals surface area (Å²) >= 11 is 0. The van der Waals surface area contributed by atoms with E-state index in [0.29, 0.717) is 53.6 Å². The van der Waals surface area contributed by atoms with E-state index in [1.807, 2.05) is 6.07 Å². The number of nitrogens with one attached hydrogen (secondary N) is 1. The average molecular weight is 483 g/mol. The first-order chi connectivity index (χ1) is 16.4. The van der Waals surface area contributed by atoms with Gasteiger partial charge in [-0.25, -0.2) is 8.42 Å². The molecule has 0 bridgehead atoms. The van der Waals surface area contributed by atoms with E-state index >= 15 is 0 Å². The molecule has 3 aromatic rings. The number of amides is 1. The summed E-state index contributed by atoms with van der Waals surface area (Å²) in [5.74, 6) is 1.23. The van der Waals surface area contributed by atoms with Crippen LogP contribution in [-0.2, 0) is 16.4 Å². The van der Waals surface area contributed by atoms with Crippen LogP contribution in [0.2, 0.25) is 0 Å². The SMILES string of the molecule is COc1ccc(S(=O)(=O)N2CCCc3cc(NC(=O)c4ccc(OC)cc4OC)ccc32)cc1. The van der Waals surface area contributed by atoms with Gasteiger partial charge in [-0.3, -0.25) is 9.10 Å². The molecule has 4 rings (SSSR count). The van der Waals surface area contributed by atoms with Crippen molar-refractivity contribution in [1.82, 2.24) is 0 Å². The summed E-state index contributed by atoms with van der Waals surface area (Å²) in [6.07, 6.45) is 1.38. The van der Waals surface area contributed by atoms with Crippen molar-refractivity contribution >= 4 is 27.3 Å². The molecular weight excluding hydrogens is 456 g/mol. The summed E-state index contributed by atoms with van der Waals surface area (Å²) in [5, 5.41) is 2.88. The second-order valence-corrected chi connectivity index (χ2v) is 9.58. The fourth-order valence-corrected chi connectivity index (χ4v) is 5.49. The maximum atomic E-state index is 13.3. The van der Waals surface area contributed by atoms with Crippen molar-refractivity contribution in [2.45, 2.75) is 17.7 Å². The summed E-state index contributed by atoms with van der Waals surface area (Å²) in [7, 11) is 0.830. The molecule has 3 aromatic carbocycles. The Kier molecular flexibility index (Phi) is 6.65. The van der Waals surface area contributed by atoms with E-state index in [-0.39, 0.29) is 10.8 Å². The number of benzene rings is 3. The molecular formula is C25H26N2O6S. The number of rotatable bonds is 7. The molecule has 0 unspecified atom stereocenters. The summed E-state index contributed by atoms with van der Waals surface area (Å²) in [6.45, 7) is 0.385. The number of ether oxygens (including phenoxy) is 3. The summed E-state index contributed by atoms with van der Waals surface area (Å²) in [5.41, 5.74) is 2.40. The molecule has 0 spiro atoms. The Morgan fingerprint density at radius 2 is 1.59 bits per heavy atom. The van der Waals surface area contributed by atoms with Gasteiger partial charge in [-0.15, -0.1) is 0 Å². The molecule has 0 fully saturated rings. The molecule has 0 aliphatic carbocycles. The summed E-state index contributed by atoms with van der Waals surface area (Å²) < 4.78 is 43.7. The number of hydrogen-bond donors (Lipinski definition) is 1. The molecule has 0 atom stereocenters. The number of sulfonamides is 1. The van der Waals surface area contributed by atoms with Gasteiger partial charge in [-0.05, 0) is 73.0 Å². The third-order valence-electron chi connectivity index (χ3n) is 5.71. The highest BCUT2D eigenvalue weighted by Crippen LogP contribution is 2.34. The minimum Gasteiger partial charge on any atom is -0.497 e. The number of anilines is 2. The van der Waals surface area contributed by atoms with Gasteiger partial charge in [0.1, 0.15) is 17.2 Å². The minimum atomic E-state index is -3.73. The Hall–Kier alpha value is -3.72. The Bertz CT molecular complexity index is 1310. The molecule has 0 saturated carbocycles. The molecule has 1 N–H and O–H groups in total. The van der Waals surface area contributed by atoms with Crippen LogP contribution in [0, 0.1) is 0 Å². The molecule has 9 heteroatoms. The highest BCUT2D eigenvalue weighted by Gasteiger charge is 2.29. The second-order valence-electron chi connectivity index (χ2n) is 7.72. The van der Waals surface area contributed by atoms with Crippen LogP contribution in [0.3, 0.4) is 0 Å². The predicted octanol–water partition coefficient (Wildman–Crippen LogP) is 4.11. The van der Waals surface area contributed by atoms with Crippen molar-refractivity contribution in [1.29, 1.82) is 0 Å². The minimum absolute atomic E-state index is 0.199. The fraction of sp³-hybridized carbons (Fsp3) is 0.240. The second kappa shape index (κ2) is 9.64.